The zero-order valence-corrected chi connectivity index (χ0v) is 15.0. The Morgan fingerprint density at radius 1 is 1.36 bits per heavy atom. The monoisotopic (exact) mass is 349 g/mol. The molecule has 2 aromatic heterocycles. The van der Waals surface area contributed by atoms with Crippen molar-refractivity contribution in [2.75, 3.05) is 24.2 Å². The Labute approximate surface area is 144 Å². The van der Waals surface area contributed by atoms with E-state index in [1.54, 1.807) is 25.8 Å². The molecule has 2 aromatic rings. The molecule has 0 aliphatic heterocycles. The highest BCUT2D eigenvalue weighted by Gasteiger charge is 2.23. The first-order valence-electron chi connectivity index (χ1n) is 7.93. The average Bonchev–Trinajstić information content (AvgIpc) is 2.82. The summed E-state index contributed by atoms with van der Waals surface area (Å²) in [5, 5.41) is 3.84. The van der Waals surface area contributed by atoms with Gasteiger partial charge in [-0.2, -0.15) is 0 Å². The number of likely N-dealkylation sites (N-methyl/N-ethyl adjacent to an activating group) is 1. The quantitative estimate of drug-likeness (QED) is 0.735. The number of aromatic nitrogens is 3. The van der Waals surface area contributed by atoms with Crippen LogP contribution < -0.4 is 21.9 Å². The Bertz CT molecular complexity index is 887. The molecule has 0 radical (unpaired) electrons. The van der Waals surface area contributed by atoms with Crippen LogP contribution in [-0.2, 0) is 6.54 Å². The fraction of sp³-hybridized carbons (Fsp3) is 0.500. The summed E-state index contributed by atoms with van der Waals surface area (Å²) in [5.41, 5.74) is 5.67. The van der Waals surface area contributed by atoms with E-state index in [4.69, 9.17) is 10.3 Å². The minimum Gasteiger partial charge on any atom is -0.384 e. The standard InChI is InChI=1S/C16H23N5O4/c1-8(2)6-21-14(17)12(15(23)18-16(21)24)11(22)7-20(5)13-9(3)19-25-10(13)4/h8H,6-7,17H2,1-5H3,(H,18,23,24). The highest BCUT2D eigenvalue weighted by molar-refractivity contribution is 6.02. The second-order valence-corrected chi connectivity index (χ2v) is 6.48. The van der Waals surface area contributed by atoms with Crippen LogP contribution >= 0.6 is 0 Å². The molecule has 0 atom stereocenters. The lowest BCUT2D eigenvalue weighted by Gasteiger charge is -2.19. The first-order valence-corrected chi connectivity index (χ1v) is 7.93. The van der Waals surface area contributed by atoms with Gasteiger partial charge in [-0.3, -0.25) is 19.1 Å². The summed E-state index contributed by atoms with van der Waals surface area (Å²) in [6.07, 6.45) is 0. The Morgan fingerprint density at radius 2 is 2.00 bits per heavy atom. The first-order chi connectivity index (χ1) is 11.6. The van der Waals surface area contributed by atoms with Crippen LogP contribution in [0, 0.1) is 19.8 Å². The van der Waals surface area contributed by atoms with Gasteiger partial charge in [0.25, 0.3) is 5.56 Å². The van der Waals surface area contributed by atoms with E-state index in [0.717, 1.165) is 0 Å². The molecule has 0 bridgehead atoms. The number of carbonyl (C=O) groups excluding carboxylic acids is 1. The summed E-state index contributed by atoms with van der Waals surface area (Å²) < 4.78 is 6.31. The summed E-state index contributed by atoms with van der Waals surface area (Å²) >= 11 is 0. The van der Waals surface area contributed by atoms with Crippen molar-refractivity contribution in [2.24, 2.45) is 5.92 Å². The lowest BCUT2D eigenvalue weighted by Crippen LogP contribution is -2.39. The van der Waals surface area contributed by atoms with Crippen molar-refractivity contribution in [2.45, 2.75) is 34.2 Å². The number of nitrogens with zero attached hydrogens (tertiary/aromatic N) is 3. The van der Waals surface area contributed by atoms with Crippen LogP contribution in [0.4, 0.5) is 11.5 Å². The third-order valence-corrected chi connectivity index (χ3v) is 3.82. The van der Waals surface area contributed by atoms with Crippen molar-refractivity contribution in [1.82, 2.24) is 14.7 Å². The van der Waals surface area contributed by atoms with Gasteiger partial charge in [-0.1, -0.05) is 19.0 Å². The minimum atomic E-state index is -0.778. The number of nitrogen functional groups attached to an aromatic ring is 1. The number of aryl methyl sites for hydroxylation is 2. The molecule has 0 fully saturated rings. The molecule has 0 amide bonds. The smallest absolute Gasteiger partial charge is 0.329 e. The molecule has 0 aliphatic carbocycles. The molecule has 0 aliphatic rings. The van der Waals surface area contributed by atoms with E-state index < -0.39 is 17.0 Å². The molecule has 0 spiro atoms. The van der Waals surface area contributed by atoms with Crippen molar-refractivity contribution in [3.05, 3.63) is 37.9 Å². The maximum atomic E-state index is 12.7. The number of rotatable bonds is 6. The highest BCUT2D eigenvalue weighted by atomic mass is 16.5. The molecule has 25 heavy (non-hydrogen) atoms. The van der Waals surface area contributed by atoms with Gasteiger partial charge in [0, 0.05) is 13.6 Å². The average molecular weight is 349 g/mol. The third kappa shape index (κ3) is 3.65. The van der Waals surface area contributed by atoms with Crippen molar-refractivity contribution < 1.29 is 9.32 Å². The molecule has 0 saturated heterocycles. The van der Waals surface area contributed by atoms with Crippen molar-refractivity contribution >= 4 is 17.3 Å². The molecule has 0 aromatic carbocycles. The van der Waals surface area contributed by atoms with Gasteiger partial charge < -0.3 is 15.2 Å². The predicted molar refractivity (Wildman–Crippen MR) is 94.2 cm³/mol. The van der Waals surface area contributed by atoms with E-state index in [9.17, 15) is 14.4 Å². The molecule has 2 rings (SSSR count). The largest absolute Gasteiger partial charge is 0.384 e. The Kier molecular flexibility index (Phi) is 5.15. The second kappa shape index (κ2) is 6.96. The van der Waals surface area contributed by atoms with Crippen molar-refractivity contribution in [3.63, 3.8) is 0 Å². The molecule has 9 heteroatoms. The van der Waals surface area contributed by atoms with Gasteiger partial charge >= 0.3 is 5.69 Å². The minimum absolute atomic E-state index is 0.101. The zero-order valence-electron chi connectivity index (χ0n) is 15.0. The van der Waals surface area contributed by atoms with Crippen LogP contribution in [0.25, 0.3) is 0 Å². The van der Waals surface area contributed by atoms with Crippen LogP contribution in [0.5, 0.6) is 0 Å². The predicted octanol–water partition coefficient (Wildman–Crippen LogP) is 0.699. The van der Waals surface area contributed by atoms with E-state index in [2.05, 4.69) is 10.1 Å². The van der Waals surface area contributed by atoms with E-state index in [0.29, 0.717) is 23.7 Å². The third-order valence-electron chi connectivity index (χ3n) is 3.82. The second-order valence-electron chi connectivity index (χ2n) is 6.48. The SMILES string of the molecule is Cc1noc(C)c1N(C)CC(=O)c1c(N)n(CC(C)C)c(=O)[nH]c1=O. The zero-order chi connectivity index (χ0) is 18.9. The van der Waals surface area contributed by atoms with Gasteiger partial charge in [-0.05, 0) is 19.8 Å². The lowest BCUT2D eigenvalue weighted by atomic mass is 10.1. The van der Waals surface area contributed by atoms with Crippen LogP contribution in [0.3, 0.4) is 0 Å². The van der Waals surface area contributed by atoms with E-state index >= 15 is 0 Å². The number of aromatic amines is 1. The Balaban J connectivity index is 2.39. The van der Waals surface area contributed by atoms with Gasteiger partial charge in [0.1, 0.15) is 22.8 Å². The maximum absolute atomic E-state index is 12.7. The first kappa shape index (κ1) is 18.5. The summed E-state index contributed by atoms with van der Waals surface area (Å²) in [5.74, 6) is 0.0941. The normalized spacial score (nSPS) is 11.1. The van der Waals surface area contributed by atoms with Gasteiger partial charge in [-0.25, -0.2) is 4.79 Å². The number of hydrogen-bond donors (Lipinski definition) is 2. The fourth-order valence-electron chi connectivity index (χ4n) is 2.80. The molecule has 0 saturated carbocycles. The van der Waals surface area contributed by atoms with Crippen molar-refractivity contribution in [1.29, 1.82) is 0 Å². The number of ketones is 1. The number of H-pyrrole nitrogens is 1. The maximum Gasteiger partial charge on any atom is 0.329 e. The van der Waals surface area contributed by atoms with Gasteiger partial charge in [0.05, 0.1) is 6.54 Å². The number of carbonyl (C=O) groups is 1. The van der Waals surface area contributed by atoms with Gasteiger partial charge in [0.15, 0.2) is 11.5 Å². The number of nitrogens with one attached hydrogen (secondary N) is 1. The van der Waals surface area contributed by atoms with Crippen LogP contribution in [0.15, 0.2) is 14.1 Å². The van der Waals surface area contributed by atoms with Crippen LogP contribution in [0.1, 0.15) is 35.7 Å². The molecule has 136 valence electrons. The molecule has 2 heterocycles. The van der Waals surface area contributed by atoms with E-state index in [1.807, 2.05) is 13.8 Å². The summed E-state index contributed by atoms with van der Waals surface area (Å²) in [6.45, 7) is 7.52. The van der Waals surface area contributed by atoms with Crippen molar-refractivity contribution in [3.8, 4) is 0 Å². The number of nitrogens with two attached hydrogens (primary N) is 1. The molecule has 0 unspecified atom stereocenters. The fourth-order valence-corrected chi connectivity index (χ4v) is 2.80. The Hall–Kier alpha value is -2.84. The Morgan fingerprint density at radius 3 is 2.52 bits per heavy atom. The van der Waals surface area contributed by atoms with Gasteiger partial charge in [0.2, 0.25) is 0 Å². The molecular weight excluding hydrogens is 326 g/mol. The molecule has 9 nitrogen and oxygen atoms in total. The summed E-state index contributed by atoms with van der Waals surface area (Å²) in [6, 6.07) is 0. The number of Topliss-reactive ketones (excluding diaryl/α,β-unsaturated/α-hetero) is 1. The topological polar surface area (TPSA) is 127 Å². The molecular formula is C16H23N5O4. The number of anilines is 2. The van der Waals surface area contributed by atoms with Crippen LogP contribution in [-0.4, -0.2) is 34.1 Å². The molecule has 3 N–H and O–H groups in total. The number of hydrogen-bond acceptors (Lipinski definition) is 7. The highest BCUT2D eigenvalue weighted by Crippen LogP contribution is 2.23. The van der Waals surface area contributed by atoms with Gasteiger partial charge in [-0.15, -0.1) is 0 Å². The van der Waals surface area contributed by atoms with E-state index in [1.165, 1.54) is 4.57 Å². The summed E-state index contributed by atoms with van der Waals surface area (Å²) in [7, 11) is 1.69. The summed E-state index contributed by atoms with van der Waals surface area (Å²) in [4.78, 5) is 40.5. The van der Waals surface area contributed by atoms with E-state index in [-0.39, 0.29) is 23.8 Å². The lowest BCUT2D eigenvalue weighted by molar-refractivity contribution is 0.0999. The van der Waals surface area contributed by atoms with Crippen LogP contribution in [0.2, 0.25) is 0 Å².